The number of benzene rings is 1. The van der Waals surface area contributed by atoms with Crippen LogP contribution in [0, 0.1) is 0 Å². The van der Waals surface area contributed by atoms with Crippen molar-refractivity contribution in [2.45, 2.75) is 32.1 Å². The van der Waals surface area contributed by atoms with Gasteiger partial charge in [0, 0.05) is 31.1 Å². The Kier molecular flexibility index (Phi) is 6.83. The first-order chi connectivity index (χ1) is 15.9. The Morgan fingerprint density at radius 1 is 1.18 bits per heavy atom. The van der Waals surface area contributed by atoms with Crippen LogP contribution in [0.5, 0.6) is 11.5 Å². The van der Waals surface area contributed by atoms with Crippen molar-refractivity contribution in [1.82, 2.24) is 24.8 Å². The van der Waals surface area contributed by atoms with Crippen LogP contribution in [-0.4, -0.2) is 78.6 Å². The molecular weight excluding hydrogens is 418 g/mol. The number of ether oxygens (including phenoxy) is 2. The predicted molar refractivity (Wildman–Crippen MR) is 129 cm³/mol. The van der Waals surface area contributed by atoms with Gasteiger partial charge in [-0.05, 0) is 50.6 Å². The molecule has 0 atom stereocenters. The number of nitrogens with zero attached hydrogens (tertiary/aromatic N) is 4. The normalized spacial score (nSPS) is 15.1. The lowest BCUT2D eigenvalue weighted by atomic mass is 9.95. The minimum Gasteiger partial charge on any atom is -0.493 e. The van der Waals surface area contributed by atoms with Crippen molar-refractivity contribution in [1.29, 1.82) is 0 Å². The number of hydrogen-bond acceptors (Lipinski definition) is 6. The van der Waals surface area contributed by atoms with Crippen LogP contribution in [0.4, 0.5) is 0 Å². The van der Waals surface area contributed by atoms with Gasteiger partial charge in [0.05, 0.1) is 43.7 Å². The van der Waals surface area contributed by atoms with Gasteiger partial charge in [-0.15, -0.1) is 0 Å². The van der Waals surface area contributed by atoms with Crippen LogP contribution in [0.1, 0.15) is 37.1 Å². The van der Waals surface area contributed by atoms with Crippen molar-refractivity contribution >= 4 is 16.9 Å². The molecule has 8 nitrogen and oxygen atoms in total. The number of hydrogen-bond donors (Lipinski definition) is 1. The third kappa shape index (κ3) is 4.66. The van der Waals surface area contributed by atoms with E-state index in [0.29, 0.717) is 24.0 Å². The molecule has 1 saturated heterocycles. The summed E-state index contributed by atoms with van der Waals surface area (Å²) in [4.78, 5) is 29.1. The van der Waals surface area contributed by atoms with Gasteiger partial charge in [0.25, 0.3) is 0 Å². The molecule has 0 saturated carbocycles. The van der Waals surface area contributed by atoms with E-state index in [-0.39, 0.29) is 5.91 Å². The quantitative estimate of drug-likeness (QED) is 0.592. The molecule has 8 heteroatoms. The lowest BCUT2D eigenvalue weighted by Gasteiger charge is -2.31. The van der Waals surface area contributed by atoms with E-state index in [4.69, 9.17) is 19.4 Å². The lowest BCUT2D eigenvalue weighted by Crippen LogP contribution is -2.40. The molecule has 0 radical (unpaired) electrons. The zero-order valence-electron chi connectivity index (χ0n) is 20.1. The summed E-state index contributed by atoms with van der Waals surface area (Å²) in [6.07, 6.45) is 4.68. The van der Waals surface area contributed by atoms with E-state index in [1.165, 1.54) is 5.56 Å². The second kappa shape index (κ2) is 9.79. The fourth-order valence-corrected chi connectivity index (χ4v) is 4.51. The molecule has 2 aromatic heterocycles. The van der Waals surface area contributed by atoms with Gasteiger partial charge in [-0.3, -0.25) is 9.69 Å². The van der Waals surface area contributed by atoms with E-state index < -0.39 is 0 Å². The summed E-state index contributed by atoms with van der Waals surface area (Å²) in [6, 6.07) is 5.94. The van der Waals surface area contributed by atoms with Crippen molar-refractivity contribution < 1.29 is 14.3 Å². The number of nitrogens with one attached hydrogen (secondary N) is 1. The lowest BCUT2D eigenvalue weighted by molar-refractivity contribution is -0.130. The summed E-state index contributed by atoms with van der Waals surface area (Å²) in [7, 11) is 6.89. The monoisotopic (exact) mass is 451 g/mol. The van der Waals surface area contributed by atoms with Crippen LogP contribution < -0.4 is 9.47 Å². The minimum atomic E-state index is 0.147. The van der Waals surface area contributed by atoms with E-state index in [9.17, 15) is 4.79 Å². The molecule has 1 aliphatic rings. The Balaban J connectivity index is 1.58. The average Bonchev–Trinajstić information content (AvgIpc) is 3.21. The van der Waals surface area contributed by atoms with Gasteiger partial charge in [-0.2, -0.15) is 0 Å². The van der Waals surface area contributed by atoms with E-state index in [1.54, 1.807) is 33.2 Å². The number of piperidine rings is 1. The van der Waals surface area contributed by atoms with Crippen molar-refractivity contribution in [3.63, 3.8) is 0 Å². The maximum absolute atomic E-state index is 12.0. The van der Waals surface area contributed by atoms with E-state index in [1.807, 2.05) is 24.4 Å². The number of amides is 1. The number of carbonyl (C=O) groups excluding carboxylic acids is 1. The maximum Gasteiger partial charge on any atom is 0.236 e. The fourth-order valence-electron chi connectivity index (χ4n) is 4.51. The Bertz CT molecular complexity index is 1130. The number of rotatable bonds is 7. The molecule has 1 aromatic carbocycles. The third-order valence-electron chi connectivity index (χ3n) is 6.49. The Labute approximate surface area is 194 Å². The highest BCUT2D eigenvalue weighted by atomic mass is 16.5. The van der Waals surface area contributed by atoms with E-state index >= 15 is 0 Å². The minimum absolute atomic E-state index is 0.147. The van der Waals surface area contributed by atoms with Gasteiger partial charge in [0.15, 0.2) is 11.5 Å². The number of fused-ring (bicyclic) bond motifs is 1. The first-order valence-electron chi connectivity index (χ1n) is 11.5. The van der Waals surface area contributed by atoms with Gasteiger partial charge in [-0.1, -0.05) is 6.92 Å². The first kappa shape index (κ1) is 23.0. The van der Waals surface area contributed by atoms with Gasteiger partial charge in [0.2, 0.25) is 5.91 Å². The summed E-state index contributed by atoms with van der Waals surface area (Å²) in [5, 5.41) is 0. The molecule has 1 fully saturated rings. The van der Waals surface area contributed by atoms with E-state index in [2.05, 4.69) is 16.8 Å². The average molecular weight is 452 g/mol. The summed E-state index contributed by atoms with van der Waals surface area (Å²) in [5.74, 6) is 2.75. The standard InChI is InChI=1S/C25H33N5O3/c1-6-18-23(17-7-8-20(32-4)21(13-17)33-5)27-19-14-26-25(28-24(18)19)16-9-11-30(12-10-16)15-22(31)29(2)3/h7-8,13-14,16,27H,6,9-12,15H2,1-5H3. The van der Waals surface area contributed by atoms with E-state index in [0.717, 1.165) is 60.5 Å². The van der Waals surface area contributed by atoms with Crippen LogP contribution in [0.2, 0.25) is 0 Å². The molecule has 33 heavy (non-hydrogen) atoms. The molecule has 0 unspecified atom stereocenters. The molecule has 0 spiro atoms. The highest BCUT2D eigenvalue weighted by Gasteiger charge is 2.25. The Morgan fingerprint density at radius 3 is 2.55 bits per heavy atom. The number of aromatic amines is 1. The van der Waals surface area contributed by atoms with Crippen molar-refractivity contribution in [3.05, 3.63) is 35.8 Å². The Morgan fingerprint density at radius 2 is 1.91 bits per heavy atom. The number of aryl methyl sites for hydroxylation is 1. The van der Waals surface area contributed by atoms with Crippen LogP contribution in [-0.2, 0) is 11.2 Å². The molecule has 3 aromatic rings. The second-order valence-corrected chi connectivity index (χ2v) is 8.73. The molecule has 1 aliphatic heterocycles. The summed E-state index contributed by atoms with van der Waals surface area (Å²) >= 11 is 0. The molecule has 0 bridgehead atoms. The highest BCUT2D eigenvalue weighted by Crippen LogP contribution is 2.36. The first-order valence-corrected chi connectivity index (χ1v) is 11.5. The van der Waals surface area contributed by atoms with Crippen molar-refractivity contribution in [3.8, 4) is 22.8 Å². The van der Waals surface area contributed by atoms with Gasteiger partial charge >= 0.3 is 0 Å². The van der Waals surface area contributed by atoms with Crippen molar-refractivity contribution in [2.75, 3.05) is 47.9 Å². The molecule has 4 rings (SSSR count). The topological polar surface area (TPSA) is 83.6 Å². The number of methoxy groups -OCH3 is 2. The highest BCUT2D eigenvalue weighted by molar-refractivity contribution is 5.87. The fraction of sp³-hybridized carbons (Fsp3) is 0.480. The summed E-state index contributed by atoms with van der Waals surface area (Å²) in [5.41, 5.74) is 5.17. The largest absolute Gasteiger partial charge is 0.493 e. The van der Waals surface area contributed by atoms with Gasteiger partial charge < -0.3 is 19.4 Å². The van der Waals surface area contributed by atoms with Gasteiger partial charge in [-0.25, -0.2) is 9.97 Å². The SMILES string of the molecule is CCc1c(-c2ccc(OC)c(OC)c2)[nH]c2cnc(C3CCN(CC(=O)N(C)C)CC3)nc12. The predicted octanol–water partition coefficient (Wildman–Crippen LogP) is 3.47. The number of carbonyl (C=O) groups is 1. The van der Waals surface area contributed by atoms with Crippen molar-refractivity contribution in [2.24, 2.45) is 0 Å². The number of aromatic nitrogens is 3. The number of H-pyrrole nitrogens is 1. The number of likely N-dealkylation sites (N-methyl/N-ethyl adjacent to an activating group) is 1. The second-order valence-electron chi connectivity index (χ2n) is 8.73. The molecule has 176 valence electrons. The molecule has 3 heterocycles. The van der Waals surface area contributed by atoms with Crippen LogP contribution in [0.25, 0.3) is 22.3 Å². The van der Waals surface area contributed by atoms with Crippen LogP contribution in [0.15, 0.2) is 24.4 Å². The number of likely N-dealkylation sites (tertiary alicyclic amines) is 1. The Hall–Kier alpha value is -3.13. The summed E-state index contributed by atoms with van der Waals surface area (Å²) in [6.45, 7) is 4.40. The zero-order chi connectivity index (χ0) is 23.5. The third-order valence-corrected chi connectivity index (χ3v) is 6.49. The van der Waals surface area contributed by atoms with Crippen LogP contribution >= 0.6 is 0 Å². The smallest absolute Gasteiger partial charge is 0.236 e. The zero-order valence-corrected chi connectivity index (χ0v) is 20.1. The maximum atomic E-state index is 12.0. The van der Waals surface area contributed by atoms with Crippen LogP contribution in [0.3, 0.4) is 0 Å². The molecular formula is C25H33N5O3. The molecule has 1 amide bonds. The molecule has 0 aliphatic carbocycles. The molecule has 1 N–H and O–H groups in total. The van der Waals surface area contributed by atoms with Gasteiger partial charge in [0.1, 0.15) is 5.82 Å². The summed E-state index contributed by atoms with van der Waals surface area (Å²) < 4.78 is 10.9.